The summed E-state index contributed by atoms with van der Waals surface area (Å²) < 4.78 is 11.2. The predicted molar refractivity (Wildman–Crippen MR) is 110 cm³/mol. The van der Waals surface area contributed by atoms with E-state index in [4.69, 9.17) is 14.6 Å². The van der Waals surface area contributed by atoms with Gasteiger partial charge in [-0.1, -0.05) is 30.4 Å². The number of para-hydroxylation sites is 1. The van der Waals surface area contributed by atoms with Crippen LogP contribution in [-0.4, -0.2) is 25.3 Å². The largest absolute Gasteiger partial charge is 0.493 e. The van der Waals surface area contributed by atoms with Crippen molar-refractivity contribution in [2.45, 2.75) is 19.8 Å². The zero-order valence-corrected chi connectivity index (χ0v) is 16.2. The van der Waals surface area contributed by atoms with Crippen molar-refractivity contribution in [1.29, 1.82) is 0 Å². The molecule has 5 heteroatoms. The van der Waals surface area contributed by atoms with Crippen molar-refractivity contribution in [2.24, 2.45) is 16.9 Å². The van der Waals surface area contributed by atoms with Gasteiger partial charge < -0.3 is 9.47 Å². The first-order chi connectivity index (χ1) is 13.7. The molecule has 1 aliphatic heterocycles. The van der Waals surface area contributed by atoms with Crippen LogP contribution in [0.1, 0.15) is 25.3 Å². The van der Waals surface area contributed by atoms with E-state index in [1.165, 1.54) is 0 Å². The average Bonchev–Trinajstić information content (AvgIpc) is 2.75. The lowest BCUT2D eigenvalue weighted by atomic mass is 9.76. The Labute approximate surface area is 165 Å². The maximum absolute atomic E-state index is 13.1. The summed E-state index contributed by atoms with van der Waals surface area (Å²) in [5.74, 6) is 1.41. The number of nitrogens with zero attached hydrogens (tertiary/aromatic N) is 2. The topological polar surface area (TPSA) is 51.1 Å². The zero-order chi connectivity index (χ0) is 19.5. The highest BCUT2D eigenvalue weighted by Crippen LogP contribution is 2.38. The molecule has 0 spiro atoms. The van der Waals surface area contributed by atoms with Gasteiger partial charge in [-0.2, -0.15) is 5.10 Å². The van der Waals surface area contributed by atoms with E-state index in [0.717, 1.165) is 29.8 Å². The van der Waals surface area contributed by atoms with Gasteiger partial charge in [-0.25, -0.2) is 5.01 Å². The molecule has 0 aromatic heterocycles. The minimum absolute atomic E-state index is 0.0582. The van der Waals surface area contributed by atoms with Crippen molar-refractivity contribution in [3.05, 3.63) is 66.2 Å². The van der Waals surface area contributed by atoms with Crippen LogP contribution < -0.4 is 14.5 Å². The molecule has 4 rings (SSSR count). The maximum Gasteiger partial charge on any atom is 0.251 e. The van der Waals surface area contributed by atoms with Crippen molar-refractivity contribution in [2.75, 3.05) is 18.7 Å². The second-order valence-electron chi connectivity index (χ2n) is 6.93. The van der Waals surface area contributed by atoms with Gasteiger partial charge in [-0.05, 0) is 50.1 Å². The molecule has 0 radical (unpaired) electrons. The van der Waals surface area contributed by atoms with Crippen molar-refractivity contribution < 1.29 is 14.3 Å². The quantitative estimate of drug-likeness (QED) is 0.726. The Bertz CT molecular complexity index is 921. The predicted octanol–water partition coefficient (Wildman–Crippen LogP) is 4.43. The summed E-state index contributed by atoms with van der Waals surface area (Å²) in [5.41, 5.74) is 2.67. The molecule has 2 aromatic rings. The van der Waals surface area contributed by atoms with E-state index >= 15 is 0 Å². The molecule has 0 bridgehead atoms. The maximum atomic E-state index is 13.1. The number of rotatable bonds is 5. The fraction of sp³-hybridized carbons (Fsp3) is 0.304. The number of carbonyl (C=O) groups excluding carboxylic acids is 1. The van der Waals surface area contributed by atoms with E-state index in [1.807, 2.05) is 55.5 Å². The summed E-state index contributed by atoms with van der Waals surface area (Å²) in [5, 5.41) is 6.37. The van der Waals surface area contributed by atoms with Crippen LogP contribution >= 0.6 is 0 Å². The minimum Gasteiger partial charge on any atom is -0.493 e. The monoisotopic (exact) mass is 376 g/mol. The van der Waals surface area contributed by atoms with Gasteiger partial charge in [0.05, 0.1) is 31.0 Å². The number of amides is 1. The SMILES string of the molecule is CCOc1cc(C2=NN(c3ccccc3)C(=O)[C@@H]3CC=CC[C@H]23)ccc1OC. The van der Waals surface area contributed by atoms with Crippen LogP contribution in [-0.2, 0) is 4.79 Å². The Kier molecular flexibility index (Phi) is 5.15. The third-order valence-electron chi connectivity index (χ3n) is 5.28. The van der Waals surface area contributed by atoms with E-state index in [1.54, 1.807) is 12.1 Å². The summed E-state index contributed by atoms with van der Waals surface area (Å²) in [6.07, 6.45) is 5.80. The van der Waals surface area contributed by atoms with Crippen molar-refractivity contribution >= 4 is 17.3 Å². The van der Waals surface area contributed by atoms with Gasteiger partial charge in [0.2, 0.25) is 0 Å². The third-order valence-corrected chi connectivity index (χ3v) is 5.28. The molecule has 28 heavy (non-hydrogen) atoms. The van der Waals surface area contributed by atoms with Crippen molar-refractivity contribution in [3.8, 4) is 11.5 Å². The molecular weight excluding hydrogens is 352 g/mol. The molecule has 5 nitrogen and oxygen atoms in total. The van der Waals surface area contributed by atoms with Crippen molar-refractivity contribution in [1.82, 2.24) is 0 Å². The number of carbonyl (C=O) groups is 1. The van der Waals surface area contributed by atoms with E-state index in [2.05, 4.69) is 12.2 Å². The molecule has 2 aromatic carbocycles. The van der Waals surface area contributed by atoms with Gasteiger partial charge in [-0.3, -0.25) is 4.79 Å². The number of fused-ring (bicyclic) bond motifs is 1. The van der Waals surface area contributed by atoms with Crippen molar-refractivity contribution in [3.63, 3.8) is 0 Å². The Hall–Kier alpha value is -3.08. The van der Waals surface area contributed by atoms with Crippen LogP contribution in [0.3, 0.4) is 0 Å². The van der Waals surface area contributed by atoms with Crippen LogP contribution in [0.5, 0.6) is 11.5 Å². The highest BCUT2D eigenvalue weighted by Gasteiger charge is 2.40. The van der Waals surface area contributed by atoms with E-state index < -0.39 is 0 Å². The molecule has 144 valence electrons. The lowest BCUT2D eigenvalue weighted by Crippen LogP contribution is -2.45. The number of hydrogen-bond donors (Lipinski definition) is 0. The van der Waals surface area contributed by atoms with E-state index in [-0.39, 0.29) is 17.7 Å². The molecule has 0 saturated heterocycles. The summed E-state index contributed by atoms with van der Waals surface area (Å²) in [7, 11) is 1.63. The Morgan fingerprint density at radius 1 is 1.04 bits per heavy atom. The molecular formula is C23H24N2O3. The number of anilines is 1. The Morgan fingerprint density at radius 3 is 2.50 bits per heavy atom. The normalized spacial score (nSPS) is 21.1. The second kappa shape index (κ2) is 7.89. The molecule has 0 unspecified atom stereocenters. The van der Waals surface area contributed by atoms with Gasteiger partial charge in [0.1, 0.15) is 0 Å². The number of hydrazone groups is 1. The van der Waals surface area contributed by atoms with Gasteiger partial charge in [0.15, 0.2) is 11.5 Å². The molecule has 2 aliphatic rings. The van der Waals surface area contributed by atoms with Gasteiger partial charge in [0, 0.05) is 11.5 Å². The second-order valence-corrected chi connectivity index (χ2v) is 6.93. The molecule has 0 N–H and O–H groups in total. The highest BCUT2D eigenvalue weighted by atomic mass is 16.5. The summed E-state index contributed by atoms with van der Waals surface area (Å²) >= 11 is 0. The van der Waals surface area contributed by atoms with Gasteiger partial charge >= 0.3 is 0 Å². The summed E-state index contributed by atoms with van der Waals surface area (Å²) in [6, 6.07) is 15.5. The minimum atomic E-state index is -0.102. The molecule has 0 saturated carbocycles. The number of allylic oxidation sites excluding steroid dienone is 2. The highest BCUT2D eigenvalue weighted by molar-refractivity contribution is 6.11. The van der Waals surface area contributed by atoms with Gasteiger partial charge in [-0.15, -0.1) is 0 Å². The molecule has 1 amide bonds. The fourth-order valence-electron chi connectivity index (χ4n) is 3.91. The first-order valence-electron chi connectivity index (χ1n) is 9.66. The Balaban J connectivity index is 1.81. The number of benzene rings is 2. The smallest absolute Gasteiger partial charge is 0.251 e. The lowest BCUT2D eigenvalue weighted by molar-refractivity contribution is -0.123. The lowest BCUT2D eigenvalue weighted by Gasteiger charge is -2.37. The fourth-order valence-corrected chi connectivity index (χ4v) is 3.91. The number of ether oxygens (including phenoxy) is 2. The van der Waals surface area contributed by atoms with Crippen LogP contribution in [0.15, 0.2) is 65.8 Å². The average molecular weight is 376 g/mol. The summed E-state index contributed by atoms with van der Waals surface area (Å²) in [4.78, 5) is 13.1. The summed E-state index contributed by atoms with van der Waals surface area (Å²) in [6.45, 7) is 2.50. The van der Waals surface area contributed by atoms with Crippen LogP contribution in [0.25, 0.3) is 0 Å². The molecule has 2 atom stereocenters. The standard InChI is InChI=1S/C23H24N2O3/c1-3-28-21-15-16(13-14-20(21)27-2)22-18-11-7-8-12-19(18)23(26)25(24-22)17-9-5-4-6-10-17/h4-10,13-15,18-19H,3,11-12H2,1-2H3/t18-,19+/m0/s1. The third kappa shape index (κ3) is 3.28. The number of methoxy groups -OCH3 is 1. The van der Waals surface area contributed by atoms with E-state index in [0.29, 0.717) is 18.1 Å². The number of hydrogen-bond acceptors (Lipinski definition) is 4. The van der Waals surface area contributed by atoms with E-state index in [9.17, 15) is 4.79 Å². The van der Waals surface area contributed by atoms with Gasteiger partial charge in [0.25, 0.3) is 5.91 Å². The van der Waals surface area contributed by atoms with Crippen LogP contribution in [0, 0.1) is 11.8 Å². The van der Waals surface area contributed by atoms with Crippen LogP contribution in [0.4, 0.5) is 5.69 Å². The molecule has 0 fully saturated rings. The zero-order valence-electron chi connectivity index (χ0n) is 16.2. The van der Waals surface area contributed by atoms with Crippen LogP contribution in [0.2, 0.25) is 0 Å². The first kappa shape index (κ1) is 18.3. The first-order valence-corrected chi connectivity index (χ1v) is 9.66. The Morgan fingerprint density at radius 2 is 1.79 bits per heavy atom. The molecule has 1 aliphatic carbocycles. The molecule has 1 heterocycles.